The normalized spacial score (nSPS) is 13.4. The van der Waals surface area contributed by atoms with Crippen molar-refractivity contribution in [3.05, 3.63) is 34.7 Å². The number of rotatable bonds is 2. The van der Waals surface area contributed by atoms with Crippen LogP contribution in [0.3, 0.4) is 0 Å². The molecule has 0 aliphatic carbocycles. The molecule has 0 amide bonds. The van der Waals surface area contributed by atoms with E-state index < -0.39 is 0 Å². The van der Waals surface area contributed by atoms with Crippen LogP contribution in [-0.2, 0) is 0 Å². The first kappa shape index (κ1) is 9.69. The van der Waals surface area contributed by atoms with Gasteiger partial charge in [0.2, 0.25) is 0 Å². The molecule has 2 rings (SSSR count). The van der Waals surface area contributed by atoms with Crippen molar-refractivity contribution in [3.8, 4) is 0 Å². The number of aryl methyl sites for hydroxylation is 1. The average molecular weight is 205 g/mol. The van der Waals surface area contributed by atoms with Gasteiger partial charge in [-0.2, -0.15) is 0 Å². The molecule has 1 atom stereocenters. The van der Waals surface area contributed by atoms with Crippen LogP contribution < -0.4 is 5.73 Å². The Bertz CT molecular complexity index is 445. The fraction of sp³-hybridized carbons (Fsp3) is 0.333. The molecule has 2 N–H and O–H groups in total. The molecule has 0 fully saturated rings. The van der Waals surface area contributed by atoms with E-state index in [0.717, 1.165) is 6.42 Å². The molecule has 0 bridgehead atoms. The average Bonchev–Trinajstić information content (AvgIpc) is 2.59. The van der Waals surface area contributed by atoms with Crippen LogP contribution in [0.25, 0.3) is 10.1 Å². The van der Waals surface area contributed by atoms with E-state index in [1.807, 2.05) is 11.3 Å². The fourth-order valence-corrected chi connectivity index (χ4v) is 2.70. The molecule has 14 heavy (non-hydrogen) atoms. The van der Waals surface area contributed by atoms with Crippen LogP contribution in [0.2, 0.25) is 0 Å². The van der Waals surface area contributed by atoms with E-state index in [1.54, 1.807) is 0 Å². The van der Waals surface area contributed by atoms with Crippen LogP contribution in [0.5, 0.6) is 0 Å². The van der Waals surface area contributed by atoms with Crippen LogP contribution in [0.1, 0.15) is 29.8 Å². The van der Waals surface area contributed by atoms with Crippen molar-refractivity contribution < 1.29 is 0 Å². The molecule has 74 valence electrons. The summed E-state index contributed by atoms with van der Waals surface area (Å²) in [5, 5.41) is 1.33. The molecule has 2 heteroatoms. The van der Waals surface area contributed by atoms with Gasteiger partial charge in [-0.3, -0.25) is 0 Å². The summed E-state index contributed by atoms with van der Waals surface area (Å²) >= 11 is 1.81. The maximum Gasteiger partial charge on any atom is 0.0387 e. The first-order valence-corrected chi connectivity index (χ1v) is 5.78. The zero-order chi connectivity index (χ0) is 10.1. The highest BCUT2D eigenvalue weighted by atomic mass is 32.1. The highest BCUT2D eigenvalue weighted by molar-refractivity contribution is 7.19. The van der Waals surface area contributed by atoms with Crippen molar-refractivity contribution in [3.63, 3.8) is 0 Å². The van der Waals surface area contributed by atoms with Gasteiger partial charge in [0.25, 0.3) is 0 Å². The molecule has 0 saturated carbocycles. The maximum absolute atomic E-state index is 6.01. The van der Waals surface area contributed by atoms with E-state index in [2.05, 4.69) is 38.1 Å². The molecule has 0 unspecified atom stereocenters. The highest BCUT2D eigenvalue weighted by Gasteiger charge is 2.07. The molecule has 0 aliphatic rings. The lowest BCUT2D eigenvalue weighted by Crippen LogP contribution is -2.05. The predicted molar refractivity (Wildman–Crippen MR) is 63.8 cm³/mol. The smallest absolute Gasteiger partial charge is 0.0387 e. The highest BCUT2D eigenvalue weighted by Crippen LogP contribution is 2.30. The van der Waals surface area contributed by atoms with Crippen LogP contribution in [0.4, 0.5) is 0 Å². The van der Waals surface area contributed by atoms with Gasteiger partial charge in [-0.15, -0.1) is 11.3 Å². The SMILES string of the molecule is CC[C@@H](N)c1cc2cc(C)ccc2s1. The molecular formula is C12H15NS. The topological polar surface area (TPSA) is 26.0 Å². The first-order valence-electron chi connectivity index (χ1n) is 4.96. The van der Waals surface area contributed by atoms with Gasteiger partial charge < -0.3 is 5.73 Å². The quantitative estimate of drug-likeness (QED) is 0.796. The predicted octanol–water partition coefficient (Wildman–Crippen LogP) is 3.62. The Morgan fingerprint density at radius 1 is 1.36 bits per heavy atom. The molecule has 1 aromatic heterocycles. The zero-order valence-corrected chi connectivity index (χ0v) is 9.40. The summed E-state index contributed by atoms with van der Waals surface area (Å²) in [5.74, 6) is 0. The van der Waals surface area contributed by atoms with E-state index in [4.69, 9.17) is 5.73 Å². The van der Waals surface area contributed by atoms with Crippen LogP contribution >= 0.6 is 11.3 Å². The number of hydrogen-bond donors (Lipinski definition) is 1. The Labute approximate surface area is 88.6 Å². The number of thiophene rings is 1. The van der Waals surface area contributed by atoms with E-state index in [0.29, 0.717) is 0 Å². The third kappa shape index (κ3) is 1.68. The standard InChI is InChI=1S/C12H15NS/c1-3-10(13)12-7-9-6-8(2)4-5-11(9)14-12/h4-7,10H,3,13H2,1-2H3/t10-/m1/s1. The lowest BCUT2D eigenvalue weighted by Gasteiger charge is -2.02. The summed E-state index contributed by atoms with van der Waals surface area (Å²) in [5.41, 5.74) is 7.32. The summed E-state index contributed by atoms with van der Waals surface area (Å²) in [6, 6.07) is 8.98. The van der Waals surface area contributed by atoms with Gasteiger partial charge >= 0.3 is 0 Å². The number of hydrogen-bond acceptors (Lipinski definition) is 2. The summed E-state index contributed by atoms with van der Waals surface area (Å²) in [7, 11) is 0. The third-order valence-corrected chi connectivity index (χ3v) is 3.74. The minimum Gasteiger partial charge on any atom is -0.323 e. The van der Waals surface area contributed by atoms with Gasteiger partial charge in [0, 0.05) is 15.6 Å². The van der Waals surface area contributed by atoms with Gasteiger partial charge in [-0.1, -0.05) is 24.6 Å². The van der Waals surface area contributed by atoms with Crippen molar-refractivity contribution >= 4 is 21.4 Å². The molecule has 0 radical (unpaired) electrons. The molecule has 1 aromatic carbocycles. The van der Waals surface area contributed by atoms with Crippen molar-refractivity contribution in [1.82, 2.24) is 0 Å². The Hall–Kier alpha value is -0.860. The molecular weight excluding hydrogens is 190 g/mol. The number of fused-ring (bicyclic) bond motifs is 1. The van der Waals surface area contributed by atoms with Crippen LogP contribution in [-0.4, -0.2) is 0 Å². The number of nitrogens with two attached hydrogens (primary N) is 1. The lowest BCUT2D eigenvalue weighted by atomic mass is 10.1. The van der Waals surface area contributed by atoms with Crippen molar-refractivity contribution in [2.75, 3.05) is 0 Å². The van der Waals surface area contributed by atoms with Gasteiger partial charge in [-0.05, 0) is 30.9 Å². The van der Waals surface area contributed by atoms with E-state index in [-0.39, 0.29) is 6.04 Å². The lowest BCUT2D eigenvalue weighted by molar-refractivity contribution is 0.712. The largest absolute Gasteiger partial charge is 0.323 e. The molecule has 1 heterocycles. The third-order valence-electron chi connectivity index (χ3n) is 2.50. The second-order valence-electron chi connectivity index (χ2n) is 3.70. The molecule has 0 aliphatic heterocycles. The van der Waals surface area contributed by atoms with Crippen molar-refractivity contribution in [2.45, 2.75) is 26.3 Å². The van der Waals surface area contributed by atoms with Crippen LogP contribution in [0, 0.1) is 6.92 Å². The Morgan fingerprint density at radius 3 is 2.86 bits per heavy atom. The first-order chi connectivity index (χ1) is 6.70. The van der Waals surface area contributed by atoms with Gasteiger partial charge in [0.1, 0.15) is 0 Å². The van der Waals surface area contributed by atoms with E-state index in [1.165, 1.54) is 20.5 Å². The van der Waals surface area contributed by atoms with Gasteiger partial charge in [-0.25, -0.2) is 0 Å². The van der Waals surface area contributed by atoms with E-state index >= 15 is 0 Å². The summed E-state index contributed by atoms with van der Waals surface area (Å²) < 4.78 is 1.34. The molecule has 2 aromatic rings. The Balaban J connectivity index is 2.51. The summed E-state index contributed by atoms with van der Waals surface area (Å²) in [6.07, 6.45) is 1.01. The van der Waals surface area contributed by atoms with Crippen molar-refractivity contribution in [1.29, 1.82) is 0 Å². The minimum atomic E-state index is 0.202. The fourth-order valence-electron chi connectivity index (χ4n) is 1.57. The van der Waals surface area contributed by atoms with Crippen LogP contribution in [0.15, 0.2) is 24.3 Å². The Morgan fingerprint density at radius 2 is 2.14 bits per heavy atom. The second kappa shape index (κ2) is 3.71. The zero-order valence-electron chi connectivity index (χ0n) is 8.58. The monoisotopic (exact) mass is 205 g/mol. The minimum absolute atomic E-state index is 0.202. The summed E-state index contributed by atoms with van der Waals surface area (Å²) in [4.78, 5) is 1.30. The number of benzene rings is 1. The maximum atomic E-state index is 6.01. The van der Waals surface area contributed by atoms with E-state index in [9.17, 15) is 0 Å². The van der Waals surface area contributed by atoms with Gasteiger partial charge in [0.15, 0.2) is 0 Å². The second-order valence-corrected chi connectivity index (χ2v) is 4.82. The molecule has 0 saturated heterocycles. The molecule has 0 spiro atoms. The molecule has 1 nitrogen and oxygen atoms in total. The Kier molecular flexibility index (Phi) is 2.57. The summed E-state index contributed by atoms with van der Waals surface area (Å²) in [6.45, 7) is 4.25. The van der Waals surface area contributed by atoms with Crippen molar-refractivity contribution in [2.24, 2.45) is 5.73 Å². The van der Waals surface area contributed by atoms with Gasteiger partial charge in [0.05, 0.1) is 0 Å².